The van der Waals surface area contributed by atoms with Gasteiger partial charge in [-0.2, -0.15) is 5.10 Å². The number of fused-ring (bicyclic) bond motifs is 1. The van der Waals surface area contributed by atoms with Crippen LogP contribution in [0.15, 0.2) is 53.5 Å². The minimum absolute atomic E-state index is 0.134. The number of amides is 1. The molecule has 9 heteroatoms. The van der Waals surface area contributed by atoms with Crippen molar-refractivity contribution in [3.05, 3.63) is 81.8 Å². The lowest BCUT2D eigenvalue weighted by Crippen LogP contribution is -2.24. The van der Waals surface area contributed by atoms with Crippen LogP contribution in [0.3, 0.4) is 0 Å². The fourth-order valence-corrected chi connectivity index (χ4v) is 3.00. The Hall–Kier alpha value is -4.01. The van der Waals surface area contributed by atoms with Gasteiger partial charge in [-0.3, -0.25) is 9.59 Å². The minimum atomic E-state index is -0.852. The second-order valence-electron chi connectivity index (χ2n) is 6.39. The van der Waals surface area contributed by atoms with Crippen molar-refractivity contribution in [2.45, 2.75) is 6.92 Å². The standard InChI is InChI=1S/C20H14F2N4O3/c1-10-8-12(22)4-7-15(10)24-19(28)16-17(27)14-9-23-26(18(14)25-20(16)29)13-5-2-11(21)3-6-13/h2-9H,1H3,(H,24,28)(H2,25,27,29). The fraction of sp³-hybridized carbons (Fsp3) is 0.0500. The third-order valence-corrected chi connectivity index (χ3v) is 4.46. The lowest BCUT2D eigenvalue weighted by Gasteiger charge is -2.10. The van der Waals surface area contributed by atoms with Gasteiger partial charge in [0.05, 0.1) is 17.3 Å². The van der Waals surface area contributed by atoms with Gasteiger partial charge in [0.25, 0.3) is 11.5 Å². The number of aryl methyl sites for hydroxylation is 1. The number of carbonyl (C=O) groups excluding carboxylic acids is 1. The van der Waals surface area contributed by atoms with E-state index in [1.165, 1.54) is 53.3 Å². The summed E-state index contributed by atoms with van der Waals surface area (Å²) in [7, 11) is 0. The second kappa shape index (κ2) is 6.86. The molecule has 2 aromatic heterocycles. The van der Waals surface area contributed by atoms with Crippen LogP contribution in [0.25, 0.3) is 16.7 Å². The Morgan fingerprint density at radius 3 is 2.52 bits per heavy atom. The molecule has 0 saturated carbocycles. The summed E-state index contributed by atoms with van der Waals surface area (Å²) in [6.45, 7) is 1.60. The van der Waals surface area contributed by atoms with Crippen molar-refractivity contribution in [2.75, 3.05) is 5.32 Å². The Bertz CT molecular complexity index is 1310. The van der Waals surface area contributed by atoms with E-state index in [1.54, 1.807) is 6.92 Å². The molecule has 0 spiro atoms. The Kier molecular flexibility index (Phi) is 4.34. The molecule has 2 heterocycles. The number of aromatic nitrogens is 3. The molecule has 3 N–H and O–H groups in total. The number of anilines is 1. The van der Waals surface area contributed by atoms with E-state index in [0.29, 0.717) is 16.9 Å². The Morgan fingerprint density at radius 1 is 1.14 bits per heavy atom. The molecular formula is C20H14F2N4O3. The lowest BCUT2D eigenvalue weighted by atomic mass is 10.1. The van der Waals surface area contributed by atoms with E-state index in [1.807, 2.05) is 0 Å². The zero-order valence-electron chi connectivity index (χ0n) is 15.0. The predicted molar refractivity (Wildman–Crippen MR) is 102 cm³/mol. The van der Waals surface area contributed by atoms with Gasteiger partial charge in [-0.1, -0.05) is 0 Å². The van der Waals surface area contributed by atoms with E-state index in [4.69, 9.17) is 0 Å². The molecule has 0 aliphatic heterocycles. The average molecular weight is 396 g/mol. The van der Waals surface area contributed by atoms with E-state index < -0.39 is 34.4 Å². The first-order valence-electron chi connectivity index (χ1n) is 8.51. The van der Waals surface area contributed by atoms with Crippen LogP contribution in [0.1, 0.15) is 15.9 Å². The lowest BCUT2D eigenvalue weighted by molar-refractivity contribution is 0.102. The molecule has 29 heavy (non-hydrogen) atoms. The highest BCUT2D eigenvalue weighted by Gasteiger charge is 2.22. The fourth-order valence-electron chi connectivity index (χ4n) is 3.00. The van der Waals surface area contributed by atoms with Crippen molar-refractivity contribution >= 4 is 22.6 Å². The van der Waals surface area contributed by atoms with Crippen LogP contribution in [0.2, 0.25) is 0 Å². The Morgan fingerprint density at radius 2 is 1.83 bits per heavy atom. The number of hydrogen-bond acceptors (Lipinski definition) is 4. The summed E-state index contributed by atoms with van der Waals surface area (Å²) >= 11 is 0. The van der Waals surface area contributed by atoms with Gasteiger partial charge >= 0.3 is 0 Å². The van der Waals surface area contributed by atoms with E-state index >= 15 is 0 Å². The van der Waals surface area contributed by atoms with Crippen molar-refractivity contribution < 1.29 is 18.7 Å². The molecule has 146 valence electrons. The number of carbonyl (C=O) groups is 1. The molecule has 4 rings (SSSR count). The van der Waals surface area contributed by atoms with Crippen LogP contribution < -0.4 is 10.9 Å². The zero-order valence-corrected chi connectivity index (χ0v) is 15.0. The third kappa shape index (κ3) is 3.22. The van der Waals surface area contributed by atoms with Crippen molar-refractivity contribution in [1.82, 2.24) is 14.8 Å². The van der Waals surface area contributed by atoms with Crippen LogP contribution in [0, 0.1) is 18.6 Å². The van der Waals surface area contributed by atoms with Crippen molar-refractivity contribution in [3.8, 4) is 11.4 Å². The summed E-state index contributed by atoms with van der Waals surface area (Å²) in [5.74, 6) is -2.29. The van der Waals surface area contributed by atoms with Crippen LogP contribution in [-0.2, 0) is 0 Å². The van der Waals surface area contributed by atoms with Gasteiger partial charge in [-0.15, -0.1) is 0 Å². The highest BCUT2D eigenvalue weighted by molar-refractivity contribution is 6.09. The number of aromatic amines is 1. The topological polar surface area (TPSA) is 100 Å². The highest BCUT2D eigenvalue weighted by Crippen LogP contribution is 2.27. The van der Waals surface area contributed by atoms with Gasteiger partial charge in [0.2, 0.25) is 0 Å². The summed E-state index contributed by atoms with van der Waals surface area (Å²) in [6.07, 6.45) is 1.28. The molecular weight excluding hydrogens is 382 g/mol. The number of halogens is 2. The quantitative estimate of drug-likeness (QED) is 0.495. The third-order valence-electron chi connectivity index (χ3n) is 4.46. The molecule has 0 fully saturated rings. The molecule has 7 nitrogen and oxygen atoms in total. The number of rotatable bonds is 3. The van der Waals surface area contributed by atoms with Gasteiger partial charge in [0.1, 0.15) is 28.6 Å². The van der Waals surface area contributed by atoms with E-state index in [-0.39, 0.29) is 11.0 Å². The molecule has 0 aliphatic carbocycles. The Balaban J connectivity index is 1.77. The van der Waals surface area contributed by atoms with Crippen molar-refractivity contribution in [2.24, 2.45) is 0 Å². The normalized spacial score (nSPS) is 11.0. The zero-order chi connectivity index (χ0) is 20.7. The number of nitrogens with one attached hydrogen (secondary N) is 2. The number of H-pyrrole nitrogens is 1. The van der Waals surface area contributed by atoms with Gasteiger partial charge in [0.15, 0.2) is 0 Å². The summed E-state index contributed by atoms with van der Waals surface area (Å²) in [4.78, 5) is 27.6. The maximum absolute atomic E-state index is 13.2. The van der Waals surface area contributed by atoms with E-state index in [2.05, 4.69) is 15.4 Å². The first-order chi connectivity index (χ1) is 13.8. The average Bonchev–Trinajstić information content (AvgIpc) is 3.08. The number of aromatic hydroxyl groups is 1. The second-order valence-corrected chi connectivity index (χ2v) is 6.39. The largest absolute Gasteiger partial charge is 0.506 e. The predicted octanol–water partition coefficient (Wildman–Crippen LogP) is 3.26. The molecule has 0 saturated heterocycles. The van der Waals surface area contributed by atoms with Crippen LogP contribution in [-0.4, -0.2) is 25.8 Å². The van der Waals surface area contributed by atoms with Gasteiger partial charge in [-0.25, -0.2) is 13.5 Å². The monoisotopic (exact) mass is 396 g/mol. The molecule has 1 amide bonds. The van der Waals surface area contributed by atoms with Crippen molar-refractivity contribution in [3.63, 3.8) is 0 Å². The first kappa shape index (κ1) is 18.4. The van der Waals surface area contributed by atoms with E-state index in [0.717, 1.165) is 0 Å². The molecule has 0 bridgehead atoms. The van der Waals surface area contributed by atoms with Gasteiger partial charge in [-0.05, 0) is 55.0 Å². The molecule has 0 atom stereocenters. The number of pyridine rings is 1. The van der Waals surface area contributed by atoms with Crippen LogP contribution in [0.5, 0.6) is 5.75 Å². The number of nitrogens with zero attached hydrogens (tertiary/aromatic N) is 2. The minimum Gasteiger partial charge on any atom is -0.506 e. The van der Waals surface area contributed by atoms with Crippen LogP contribution >= 0.6 is 0 Å². The first-order valence-corrected chi connectivity index (χ1v) is 8.51. The maximum atomic E-state index is 13.2. The summed E-state index contributed by atoms with van der Waals surface area (Å²) in [5, 5.41) is 17.3. The SMILES string of the molecule is Cc1cc(F)ccc1NC(=O)c1c(O)c2cnn(-c3ccc(F)cc3)c2[nH]c1=O. The van der Waals surface area contributed by atoms with Gasteiger partial charge < -0.3 is 15.4 Å². The van der Waals surface area contributed by atoms with Crippen molar-refractivity contribution in [1.29, 1.82) is 0 Å². The number of benzene rings is 2. The number of hydrogen-bond donors (Lipinski definition) is 3. The van der Waals surface area contributed by atoms with Crippen LogP contribution in [0.4, 0.5) is 14.5 Å². The van der Waals surface area contributed by atoms with Gasteiger partial charge in [0, 0.05) is 5.69 Å². The smallest absolute Gasteiger partial charge is 0.266 e. The Labute approximate surface area is 162 Å². The maximum Gasteiger partial charge on any atom is 0.266 e. The summed E-state index contributed by atoms with van der Waals surface area (Å²) in [5.41, 5.74) is 0.0250. The molecule has 0 aliphatic rings. The summed E-state index contributed by atoms with van der Waals surface area (Å²) in [6, 6.07) is 9.13. The highest BCUT2D eigenvalue weighted by atomic mass is 19.1. The summed E-state index contributed by atoms with van der Waals surface area (Å²) < 4.78 is 27.7. The van der Waals surface area contributed by atoms with E-state index in [9.17, 15) is 23.5 Å². The molecule has 0 radical (unpaired) electrons. The molecule has 4 aromatic rings. The molecule has 0 unspecified atom stereocenters. The molecule has 2 aromatic carbocycles.